The molecule has 3 saturated carbocycles. The van der Waals surface area contributed by atoms with Gasteiger partial charge in [-0.15, -0.1) is 0 Å². The molecule has 0 saturated heterocycles. The van der Waals surface area contributed by atoms with Gasteiger partial charge in [0.1, 0.15) is 5.78 Å². The first-order valence-electron chi connectivity index (χ1n) is 5.96. The number of aliphatic hydroxyl groups excluding tert-OH is 1. The van der Waals surface area contributed by atoms with Crippen LogP contribution in [0.3, 0.4) is 0 Å². The molecule has 2 heteroatoms. The SMILES string of the molecule is O=C1CC2CCC(O)C3CCCCC123. The van der Waals surface area contributed by atoms with Gasteiger partial charge in [0.2, 0.25) is 0 Å². The van der Waals surface area contributed by atoms with E-state index in [-0.39, 0.29) is 11.5 Å². The van der Waals surface area contributed by atoms with E-state index in [0.29, 0.717) is 17.6 Å². The third kappa shape index (κ3) is 0.881. The third-order valence-electron chi connectivity index (χ3n) is 4.97. The Morgan fingerprint density at radius 1 is 1.21 bits per heavy atom. The molecule has 2 nitrogen and oxygen atoms in total. The van der Waals surface area contributed by atoms with Crippen molar-refractivity contribution in [2.45, 2.75) is 51.0 Å². The van der Waals surface area contributed by atoms with Crippen molar-refractivity contribution >= 4 is 5.78 Å². The molecule has 0 bridgehead atoms. The van der Waals surface area contributed by atoms with E-state index >= 15 is 0 Å². The van der Waals surface area contributed by atoms with Crippen molar-refractivity contribution in [3.05, 3.63) is 0 Å². The van der Waals surface area contributed by atoms with Crippen LogP contribution in [0.1, 0.15) is 44.9 Å². The van der Waals surface area contributed by atoms with Crippen LogP contribution < -0.4 is 0 Å². The highest BCUT2D eigenvalue weighted by Crippen LogP contribution is 2.61. The van der Waals surface area contributed by atoms with Gasteiger partial charge in [0.25, 0.3) is 0 Å². The predicted octanol–water partition coefficient (Wildman–Crippen LogP) is 1.91. The fourth-order valence-electron chi connectivity index (χ4n) is 4.24. The lowest BCUT2D eigenvalue weighted by atomic mass is 9.44. The van der Waals surface area contributed by atoms with Gasteiger partial charge in [0.05, 0.1) is 6.10 Å². The molecule has 0 heterocycles. The summed E-state index contributed by atoms with van der Waals surface area (Å²) in [7, 11) is 0. The van der Waals surface area contributed by atoms with Crippen LogP contribution >= 0.6 is 0 Å². The Morgan fingerprint density at radius 3 is 2.79 bits per heavy atom. The molecular formula is C12H18O2. The van der Waals surface area contributed by atoms with E-state index < -0.39 is 0 Å². The Hall–Kier alpha value is -0.370. The van der Waals surface area contributed by atoms with E-state index in [2.05, 4.69) is 0 Å². The molecule has 0 aromatic rings. The highest BCUT2D eigenvalue weighted by molar-refractivity contribution is 5.92. The Balaban J connectivity index is 1.95. The number of aliphatic hydroxyl groups is 1. The van der Waals surface area contributed by atoms with Gasteiger partial charge in [-0.2, -0.15) is 0 Å². The molecule has 3 rings (SSSR count). The number of carbonyl (C=O) groups is 1. The van der Waals surface area contributed by atoms with E-state index in [1.807, 2.05) is 0 Å². The monoisotopic (exact) mass is 194 g/mol. The van der Waals surface area contributed by atoms with Crippen LogP contribution in [0.4, 0.5) is 0 Å². The maximum Gasteiger partial charge on any atom is 0.140 e. The number of hydrogen-bond acceptors (Lipinski definition) is 2. The lowest BCUT2D eigenvalue weighted by Crippen LogP contribution is -2.61. The molecular weight excluding hydrogens is 176 g/mol. The van der Waals surface area contributed by atoms with E-state index in [0.717, 1.165) is 32.1 Å². The molecule has 3 aliphatic carbocycles. The first kappa shape index (κ1) is 8.90. The van der Waals surface area contributed by atoms with Crippen LogP contribution in [0.15, 0.2) is 0 Å². The summed E-state index contributed by atoms with van der Waals surface area (Å²) < 4.78 is 0. The topological polar surface area (TPSA) is 37.3 Å². The Bertz CT molecular complexity index is 273. The van der Waals surface area contributed by atoms with Crippen molar-refractivity contribution in [3.8, 4) is 0 Å². The van der Waals surface area contributed by atoms with E-state index in [9.17, 15) is 9.90 Å². The van der Waals surface area contributed by atoms with Crippen LogP contribution in [-0.4, -0.2) is 17.0 Å². The summed E-state index contributed by atoms with van der Waals surface area (Å²) in [5, 5.41) is 9.99. The summed E-state index contributed by atoms with van der Waals surface area (Å²) in [6.45, 7) is 0. The summed E-state index contributed by atoms with van der Waals surface area (Å²) >= 11 is 0. The highest BCUT2D eigenvalue weighted by atomic mass is 16.3. The maximum absolute atomic E-state index is 11.9. The molecule has 4 unspecified atom stereocenters. The summed E-state index contributed by atoms with van der Waals surface area (Å²) in [6.07, 6.45) is 7.21. The van der Waals surface area contributed by atoms with E-state index in [1.165, 1.54) is 12.8 Å². The molecule has 0 amide bonds. The maximum atomic E-state index is 11.9. The summed E-state index contributed by atoms with van der Waals surface area (Å²) in [6, 6.07) is 0. The molecule has 0 aromatic carbocycles. The summed E-state index contributed by atoms with van der Waals surface area (Å²) in [5.41, 5.74) is -0.0457. The quantitative estimate of drug-likeness (QED) is 0.639. The molecule has 0 radical (unpaired) electrons. The predicted molar refractivity (Wildman–Crippen MR) is 52.7 cm³/mol. The van der Waals surface area contributed by atoms with Gasteiger partial charge >= 0.3 is 0 Å². The second-order valence-corrected chi connectivity index (χ2v) is 5.36. The van der Waals surface area contributed by atoms with Crippen LogP contribution in [0.25, 0.3) is 0 Å². The lowest BCUT2D eigenvalue weighted by Gasteiger charge is -2.59. The van der Waals surface area contributed by atoms with Crippen LogP contribution in [0, 0.1) is 17.3 Å². The smallest absolute Gasteiger partial charge is 0.140 e. The molecule has 1 spiro atoms. The fourth-order valence-corrected chi connectivity index (χ4v) is 4.24. The fraction of sp³-hybridized carbons (Fsp3) is 0.917. The Kier molecular flexibility index (Phi) is 1.79. The normalized spacial score (nSPS) is 51.8. The number of hydrogen-bond donors (Lipinski definition) is 1. The van der Waals surface area contributed by atoms with Gasteiger partial charge in [0.15, 0.2) is 0 Å². The minimum absolute atomic E-state index is 0.0457. The largest absolute Gasteiger partial charge is 0.393 e. The average molecular weight is 194 g/mol. The van der Waals surface area contributed by atoms with Gasteiger partial charge in [-0.25, -0.2) is 0 Å². The molecule has 1 N–H and O–H groups in total. The molecule has 3 aliphatic rings. The Morgan fingerprint density at radius 2 is 2.07 bits per heavy atom. The van der Waals surface area contributed by atoms with Gasteiger partial charge in [-0.1, -0.05) is 12.8 Å². The van der Waals surface area contributed by atoms with E-state index in [1.54, 1.807) is 0 Å². The van der Waals surface area contributed by atoms with Gasteiger partial charge in [0, 0.05) is 11.8 Å². The summed E-state index contributed by atoms with van der Waals surface area (Å²) in [4.78, 5) is 11.9. The molecule has 0 aromatic heterocycles. The lowest BCUT2D eigenvalue weighted by molar-refractivity contribution is -0.176. The van der Waals surface area contributed by atoms with Gasteiger partial charge in [-0.05, 0) is 37.5 Å². The standard InChI is InChI=1S/C12H18O2/c13-10-5-4-8-7-11(14)12(8)6-2-1-3-9(10)12/h8-10,13H,1-7H2. The first-order valence-corrected chi connectivity index (χ1v) is 5.96. The number of carbonyl (C=O) groups excluding carboxylic acids is 1. The van der Waals surface area contributed by atoms with Gasteiger partial charge < -0.3 is 5.11 Å². The zero-order valence-electron chi connectivity index (χ0n) is 8.54. The number of Topliss-reactive ketones (excluding diaryl/α,β-unsaturated/α-hetero) is 1. The number of ketones is 1. The molecule has 14 heavy (non-hydrogen) atoms. The second kappa shape index (κ2) is 2.82. The van der Waals surface area contributed by atoms with E-state index in [4.69, 9.17) is 0 Å². The Labute approximate surface area is 84.7 Å². The second-order valence-electron chi connectivity index (χ2n) is 5.36. The van der Waals surface area contributed by atoms with Crippen molar-refractivity contribution in [1.29, 1.82) is 0 Å². The number of rotatable bonds is 0. The van der Waals surface area contributed by atoms with Crippen molar-refractivity contribution < 1.29 is 9.90 Å². The molecule has 0 aliphatic heterocycles. The minimum Gasteiger partial charge on any atom is -0.393 e. The first-order chi connectivity index (χ1) is 6.75. The molecule has 3 fully saturated rings. The van der Waals surface area contributed by atoms with Crippen molar-refractivity contribution in [2.24, 2.45) is 17.3 Å². The van der Waals surface area contributed by atoms with Crippen molar-refractivity contribution in [1.82, 2.24) is 0 Å². The summed E-state index contributed by atoms with van der Waals surface area (Å²) in [5.74, 6) is 1.41. The van der Waals surface area contributed by atoms with Gasteiger partial charge in [-0.3, -0.25) is 4.79 Å². The van der Waals surface area contributed by atoms with Crippen molar-refractivity contribution in [2.75, 3.05) is 0 Å². The van der Waals surface area contributed by atoms with Crippen LogP contribution in [0.5, 0.6) is 0 Å². The third-order valence-corrected chi connectivity index (χ3v) is 4.97. The molecule has 78 valence electrons. The zero-order chi connectivity index (χ0) is 9.76. The minimum atomic E-state index is -0.184. The van der Waals surface area contributed by atoms with Crippen LogP contribution in [0.2, 0.25) is 0 Å². The average Bonchev–Trinajstić information content (AvgIpc) is 2.22. The van der Waals surface area contributed by atoms with Crippen molar-refractivity contribution in [3.63, 3.8) is 0 Å². The molecule has 4 atom stereocenters. The highest BCUT2D eigenvalue weighted by Gasteiger charge is 2.62. The van der Waals surface area contributed by atoms with Crippen LogP contribution in [-0.2, 0) is 4.79 Å². The zero-order valence-corrected chi connectivity index (χ0v) is 8.54.